The Morgan fingerprint density at radius 1 is 1.35 bits per heavy atom. The molecule has 1 aromatic rings. The maximum absolute atomic E-state index is 13.5. The molecule has 2 N–H and O–H groups in total. The summed E-state index contributed by atoms with van der Waals surface area (Å²) in [5.41, 5.74) is 5.34. The van der Waals surface area contributed by atoms with Gasteiger partial charge in [-0.05, 0) is 31.0 Å². The third-order valence-electron chi connectivity index (χ3n) is 2.85. The fourth-order valence-corrected chi connectivity index (χ4v) is 1.95. The minimum atomic E-state index is -0.806. The maximum atomic E-state index is 13.5. The molecular formula is C12H13FN2O2. The minimum absolute atomic E-state index is 0.0116. The summed E-state index contributed by atoms with van der Waals surface area (Å²) in [4.78, 5) is 24.1. The number of amides is 2. The highest BCUT2D eigenvalue weighted by Crippen LogP contribution is 2.23. The number of anilines is 1. The Kier molecular flexibility index (Phi) is 3.08. The average Bonchev–Trinajstić information content (AvgIpc) is 2.29. The Hall–Kier alpha value is -1.91. The van der Waals surface area contributed by atoms with Crippen LogP contribution >= 0.6 is 0 Å². The molecule has 90 valence electrons. The van der Waals surface area contributed by atoms with Crippen LogP contribution in [0, 0.1) is 5.82 Å². The van der Waals surface area contributed by atoms with Crippen LogP contribution in [0.5, 0.6) is 0 Å². The molecule has 1 heterocycles. The Morgan fingerprint density at radius 3 is 2.71 bits per heavy atom. The molecule has 0 radical (unpaired) electrons. The Morgan fingerprint density at radius 2 is 2.12 bits per heavy atom. The molecule has 0 saturated carbocycles. The van der Waals surface area contributed by atoms with Crippen molar-refractivity contribution in [2.45, 2.75) is 19.3 Å². The van der Waals surface area contributed by atoms with Crippen molar-refractivity contribution in [3.8, 4) is 0 Å². The monoisotopic (exact) mass is 236 g/mol. The Bertz CT molecular complexity index is 474. The van der Waals surface area contributed by atoms with E-state index in [4.69, 9.17) is 5.73 Å². The van der Waals surface area contributed by atoms with Crippen molar-refractivity contribution in [2.24, 2.45) is 5.73 Å². The van der Waals surface area contributed by atoms with Gasteiger partial charge in [0, 0.05) is 18.7 Å². The third-order valence-corrected chi connectivity index (χ3v) is 2.85. The van der Waals surface area contributed by atoms with E-state index in [2.05, 4.69) is 0 Å². The van der Waals surface area contributed by atoms with E-state index in [9.17, 15) is 14.0 Å². The summed E-state index contributed by atoms with van der Waals surface area (Å²) in [6, 6.07) is 4.05. The molecule has 1 aromatic carbocycles. The van der Waals surface area contributed by atoms with Gasteiger partial charge in [0.1, 0.15) is 5.82 Å². The number of benzene rings is 1. The van der Waals surface area contributed by atoms with Crippen LogP contribution in [0.2, 0.25) is 0 Å². The summed E-state index contributed by atoms with van der Waals surface area (Å²) < 4.78 is 13.5. The average molecular weight is 236 g/mol. The molecule has 0 aromatic heterocycles. The van der Waals surface area contributed by atoms with Crippen LogP contribution in [0.25, 0.3) is 0 Å². The Balaban J connectivity index is 2.30. The zero-order valence-corrected chi connectivity index (χ0v) is 9.28. The molecule has 0 atom stereocenters. The number of hydrogen-bond acceptors (Lipinski definition) is 2. The largest absolute Gasteiger partial charge is 0.366 e. The molecule has 4 nitrogen and oxygen atoms in total. The number of rotatable bonds is 2. The van der Waals surface area contributed by atoms with E-state index >= 15 is 0 Å². The van der Waals surface area contributed by atoms with E-state index in [1.807, 2.05) is 0 Å². The van der Waals surface area contributed by atoms with Crippen LogP contribution in [0.4, 0.5) is 10.1 Å². The van der Waals surface area contributed by atoms with Crippen molar-refractivity contribution in [3.63, 3.8) is 0 Å². The van der Waals surface area contributed by atoms with Gasteiger partial charge in [0.25, 0.3) is 5.91 Å². The van der Waals surface area contributed by atoms with E-state index in [-0.39, 0.29) is 11.5 Å². The minimum Gasteiger partial charge on any atom is -0.366 e. The normalized spacial score (nSPS) is 16.1. The quantitative estimate of drug-likeness (QED) is 0.844. The van der Waals surface area contributed by atoms with Gasteiger partial charge in [-0.25, -0.2) is 4.39 Å². The zero-order valence-electron chi connectivity index (χ0n) is 9.28. The maximum Gasteiger partial charge on any atom is 0.251 e. The van der Waals surface area contributed by atoms with Crippen molar-refractivity contribution in [1.29, 1.82) is 0 Å². The van der Waals surface area contributed by atoms with Crippen LogP contribution in [-0.2, 0) is 4.79 Å². The van der Waals surface area contributed by atoms with Gasteiger partial charge >= 0.3 is 0 Å². The van der Waals surface area contributed by atoms with Gasteiger partial charge in [-0.2, -0.15) is 0 Å². The fraction of sp³-hybridized carbons (Fsp3) is 0.333. The lowest BCUT2D eigenvalue weighted by molar-refractivity contribution is -0.119. The van der Waals surface area contributed by atoms with E-state index < -0.39 is 11.7 Å². The smallest absolute Gasteiger partial charge is 0.251 e. The predicted octanol–water partition coefficient (Wildman–Crippen LogP) is 1.44. The zero-order chi connectivity index (χ0) is 12.4. The number of nitrogens with two attached hydrogens (primary N) is 1. The summed E-state index contributed by atoms with van der Waals surface area (Å²) >= 11 is 0. The molecule has 0 spiro atoms. The number of hydrogen-bond donors (Lipinski definition) is 1. The molecule has 1 saturated heterocycles. The van der Waals surface area contributed by atoms with Crippen molar-refractivity contribution >= 4 is 17.5 Å². The van der Waals surface area contributed by atoms with E-state index in [0.29, 0.717) is 18.7 Å². The first kappa shape index (κ1) is 11.6. The summed E-state index contributed by atoms with van der Waals surface area (Å²) in [6.07, 6.45) is 2.27. The van der Waals surface area contributed by atoms with Crippen LogP contribution < -0.4 is 10.6 Å². The third kappa shape index (κ3) is 2.27. The lowest BCUT2D eigenvalue weighted by Gasteiger charge is -2.26. The van der Waals surface area contributed by atoms with Gasteiger partial charge in [0.15, 0.2) is 0 Å². The molecule has 1 aliphatic heterocycles. The predicted molar refractivity (Wildman–Crippen MR) is 61.1 cm³/mol. The summed E-state index contributed by atoms with van der Waals surface area (Å²) in [5.74, 6) is -1.50. The molecule has 5 heteroatoms. The second-order valence-electron chi connectivity index (χ2n) is 4.03. The molecule has 2 rings (SSSR count). The molecule has 17 heavy (non-hydrogen) atoms. The lowest BCUT2D eigenvalue weighted by Crippen LogP contribution is -2.35. The van der Waals surface area contributed by atoms with Gasteiger partial charge in [-0.1, -0.05) is 0 Å². The number of nitrogens with zero attached hydrogens (tertiary/aromatic N) is 1. The number of piperidine rings is 1. The molecule has 0 bridgehead atoms. The molecular weight excluding hydrogens is 223 g/mol. The number of primary amides is 1. The summed E-state index contributed by atoms with van der Waals surface area (Å²) in [5, 5.41) is 0. The van der Waals surface area contributed by atoms with Gasteiger partial charge in [-0.15, -0.1) is 0 Å². The van der Waals surface area contributed by atoms with Crippen LogP contribution in [-0.4, -0.2) is 18.4 Å². The molecule has 0 unspecified atom stereocenters. The van der Waals surface area contributed by atoms with Crippen molar-refractivity contribution in [1.82, 2.24) is 0 Å². The SMILES string of the molecule is NC(=O)c1ccc(N2CCCCC2=O)cc1F. The van der Waals surface area contributed by atoms with Crippen molar-refractivity contribution in [2.75, 3.05) is 11.4 Å². The van der Waals surface area contributed by atoms with E-state index in [0.717, 1.165) is 12.8 Å². The van der Waals surface area contributed by atoms with Gasteiger partial charge in [0.05, 0.1) is 5.56 Å². The van der Waals surface area contributed by atoms with E-state index in [1.54, 1.807) is 6.07 Å². The molecule has 0 aliphatic carbocycles. The number of carbonyl (C=O) groups is 2. The van der Waals surface area contributed by atoms with Gasteiger partial charge in [-0.3, -0.25) is 9.59 Å². The highest BCUT2D eigenvalue weighted by atomic mass is 19.1. The highest BCUT2D eigenvalue weighted by molar-refractivity contribution is 5.96. The summed E-state index contributed by atoms with van der Waals surface area (Å²) in [7, 11) is 0. The first-order valence-corrected chi connectivity index (χ1v) is 5.49. The second-order valence-corrected chi connectivity index (χ2v) is 4.03. The molecule has 1 aliphatic rings. The summed E-state index contributed by atoms with van der Waals surface area (Å²) in [6.45, 7) is 0.591. The number of halogens is 1. The highest BCUT2D eigenvalue weighted by Gasteiger charge is 2.20. The lowest BCUT2D eigenvalue weighted by atomic mass is 10.1. The molecule has 2 amide bonds. The topological polar surface area (TPSA) is 63.4 Å². The van der Waals surface area contributed by atoms with Crippen LogP contribution in [0.3, 0.4) is 0 Å². The van der Waals surface area contributed by atoms with Gasteiger partial charge in [0.2, 0.25) is 5.91 Å². The second kappa shape index (κ2) is 4.53. The van der Waals surface area contributed by atoms with Crippen molar-refractivity contribution < 1.29 is 14.0 Å². The number of carbonyl (C=O) groups excluding carboxylic acids is 2. The van der Waals surface area contributed by atoms with Gasteiger partial charge < -0.3 is 10.6 Å². The van der Waals surface area contributed by atoms with Crippen LogP contribution in [0.15, 0.2) is 18.2 Å². The Labute approximate surface area is 98.2 Å². The van der Waals surface area contributed by atoms with Crippen LogP contribution in [0.1, 0.15) is 29.6 Å². The first-order valence-electron chi connectivity index (χ1n) is 5.49. The first-order chi connectivity index (χ1) is 8.09. The fourth-order valence-electron chi connectivity index (χ4n) is 1.95. The molecule has 1 fully saturated rings. The van der Waals surface area contributed by atoms with Crippen molar-refractivity contribution in [3.05, 3.63) is 29.6 Å². The van der Waals surface area contributed by atoms with E-state index in [1.165, 1.54) is 17.0 Å². The standard InChI is InChI=1S/C12H13FN2O2/c13-10-7-8(4-5-9(10)12(14)17)15-6-2-1-3-11(15)16/h4-5,7H,1-3,6H2,(H2,14,17).